The molecule has 0 aromatic carbocycles. The summed E-state index contributed by atoms with van der Waals surface area (Å²) in [5.74, 6) is 0. The number of nitrogens with zero attached hydrogens (tertiary/aromatic N) is 1. The second kappa shape index (κ2) is 5.07. The summed E-state index contributed by atoms with van der Waals surface area (Å²) in [6, 6.07) is 4.45. The van der Waals surface area contributed by atoms with Gasteiger partial charge in [-0.25, -0.2) is 0 Å². The van der Waals surface area contributed by atoms with Crippen molar-refractivity contribution in [1.82, 2.24) is 9.88 Å². The molecule has 0 bridgehead atoms. The molecule has 1 aromatic heterocycles. The molecular formula is C11H20N2. The minimum Gasteiger partial charge on any atom is -0.350 e. The van der Waals surface area contributed by atoms with Gasteiger partial charge in [-0.1, -0.05) is 20.3 Å². The van der Waals surface area contributed by atoms with E-state index in [2.05, 4.69) is 42.9 Å². The van der Waals surface area contributed by atoms with Crippen LogP contribution in [-0.2, 0) is 20.0 Å². The fourth-order valence-corrected chi connectivity index (χ4v) is 1.54. The molecule has 74 valence electrons. The molecule has 0 spiro atoms. The summed E-state index contributed by atoms with van der Waals surface area (Å²) < 4.78 is 2.30. The van der Waals surface area contributed by atoms with Crippen molar-refractivity contribution in [3.8, 4) is 0 Å². The Morgan fingerprint density at radius 2 is 1.92 bits per heavy atom. The van der Waals surface area contributed by atoms with Crippen LogP contribution in [0.15, 0.2) is 12.1 Å². The van der Waals surface area contributed by atoms with E-state index in [1.54, 1.807) is 0 Å². The van der Waals surface area contributed by atoms with Crippen LogP contribution < -0.4 is 5.32 Å². The van der Waals surface area contributed by atoms with Crippen LogP contribution >= 0.6 is 0 Å². The van der Waals surface area contributed by atoms with E-state index in [0.29, 0.717) is 0 Å². The summed E-state index contributed by atoms with van der Waals surface area (Å²) in [5.41, 5.74) is 2.82. The molecule has 0 aliphatic rings. The molecule has 0 saturated heterocycles. The topological polar surface area (TPSA) is 17.0 Å². The Hall–Kier alpha value is -0.760. The fourth-order valence-electron chi connectivity index (χ4n) is 1.54. The zero-order valence-corrected chi connectivity index (χ0v) is 8.93. The van der Waals surface area contributed by atoms with E-state index >= 15 is 0 Å². The van der Waals surface area contributed by atoms with Crippen molar-refractivity contribution in [1.29, 1.82) is 0 Å². The third kappa shape index (κ3) is 2.59. The summed E-state index contributed by atoms with van der Waals surface area (Å²) in [6.45, 7) is 6.37. The molecule has 0 amide bonds. The Morgan fingerprint density at radius 1 is 1.23 bits per heavy atom. The number of nitrogens with one attached hydrogen (secondary N) is 1. The Labute approximate surface area is 81.0 Å². The molecule has 2 nitrogen and oxygen atoms in total. The highest BCUT2D eigenvalue weighted by Crippen LogP contribution is 2.08. The number of hydrogen-bond donors (Lipinski definition) is 1. The lowest BCUT2D eigenvalue weighted by molar-refractivity contribution is 0.663. The standard InChI is InChI=1S/C11H20N2/c1-4-6-10-7-8-11(13(10)3)9-12-5-2/h7-8,12H,4-6,9H2,1-3H3. The third-order valence-corrected chi connectivity index (χ3v) is 2.39. The molecule has 0 aliphatic carbocycles. The molecule has 0 saturated carbocycles. The Bertz CT molecular complexity index is 251. The zero-order valence-electron chi connectivity index (χ0n) is 8.93. The van der Waals surface area contributed by atoms with Gasteiger partial charge in [-0.2, -0.15) is 0 Å². The van der Waals surface area contributed by atoms with Crippen LogP contribution in [0.1, 0.15) is 31.7 Å². The van der Waals surface area contributed by atoms with Crippen molar-refractivity contribution < 1.29 is 0 Å². The molecule has 1 N–H and O–H groups in total. The van der Waals surface area contributed by atoms with Gasteiger partial charge in [0.2, 0.25) is 0 Å². The summed E-state index contributed by atoms with van der Waals surface area (Å²) in [5, 5.41) is 3.34. The molecule has 0 unspecified atom stereocenters. The van der Waals surface area contributed by atoms with Gasteiger partial charge in [-0.3, -0.25) is 0 Å². The second-order valence-electron chi connectivity index (χ2n) is 3.41. The first-order valence-corrected chi connectivity index (χ1v) is 5.13. The monoisotopic (exact) mass is 180 g/mol. The molecule has 1 aromatic rings. The first-order chi connectivity index (χ1) is 6.29. The van der Waals surface area contributed by atoms with E-state index in [0.717, 1.165) is 13.1 Å². The lowest BCUT2D eigenvalue weighted by Crippen LogP contribution is -2.14. The van der Waals surface area contributed by atoms with Crippen molar-refractivity contribution in [2.75, 3.05) is 6.54 Å². The van der Waals surface area contributed by atoms with Crippen molar-refractivity contribution in [2.24, 2.45) is 7.05 Å². The van der Waals surface area contributed by atoms with Gasteiger partial charge in [-0.05, 0) is 25.1 Å². The third-order valence-electron chi connectivity index (χ3n) is 2.39. The van der Waals surface area contributed by atoms with Crippen LogP contribution in [0.3, 0.4) is 0 Å². The summed E-state index contributed by atoms with van der Waals surface area (Å²) >= 11 is 0. The molecule has 0 atom stereocenters. The first-order valence-electron chi connectivity index (χ1n) is 5.13. The maximum absolute atomic E-state index is 3.34. The van der Waals surface area contributed by atoms with Gasteiger partial charge in [0.1, 0.15) is 0 Å². The second-order valence-corrected chi connectivity index (χ2v) is 3.41. The molecule has 0 radical (unpaired) electrons. The largest absolute Gasteiger partial charge is 0.350 e. The number of aryl methyl sites for hydroxylation is 1. The SMILES string of the molecule is CCCc1ccc(CNCC)n1C. The van der Waals surface area contributed by atoms with Gasteiger partial charge in [-0.15, -0.1) is 0 Å². The quantitative estimate of drug-likeness (QED) is 0.734. The fraction of sp³-hybridized carbons (Fsp3) is 0.636. The predicted molar refractivity (Wildman–Crippen MR) is 56.8 cm³/mol. The van der Waals surface area contributed by atoms with Crippen molar-refractivity contribution in [2.45, 2.75) is 33.2 Å². The average Bonchev–Trinajstić information content (AvgIpc) is 2.46. The van der Waals surface area contributed by atoms with E-state index in [9.17, 15) is 0 Å². The lowest BCUT2D eigenvalue weighted by Gasteiger charge is -2.07. The van der Waals surface area contributed by atoms with E-state index in [-0.39, 0.29) is 0 Å². The van der Waals surface area contributed by atoms with E-state index in [1.165, 1.54) is 24.2 Å². The minimum atomic E-state index is 0.983. The molecule has 13 heavy (non-hydrogen) atoms. The van der Waals surface area contributed by atoms with E-state index in [4.69, 9.17) is 0 Å². The minimum absolute atomic E-state index is 0.983. The molecule has 0 fully saturated rings. The zero-order chi connectivity index (χ0) is 9.68. The molecular weight excluding hydrogens is 160 g/mol. The average molecular weight is 180 g/mol. The maximum atomic E-state index is 3.34. The van der Waals surface area contributed by atoms with Gasteiger partial charge in [0.15, 0.2) is 0 Å². The Morgan fingerprint density at radius 3 is 2.54 bits per heavy atom. The number of rotatable bonds is 5. The van der Waals surface area contributed by atoms with Gasteiger partial charge in [0.25, 0.3) is 0 Å². The molecule has 0 aliphatic heterocycles. The molecule has 1 rings (SSSR count). The van der Waals surface area contributed by atoms with Gasteiger partial charge >= 0.3 is 0 Å². The van der Waals surface area contributed by atoms with Crippen LogP contribution in [0.25, 0.3) is 0 Å². The highest BCUT2D eigenvalue weighted by molar-refractivity contribution is 5.15. The summed E-state index contributed by atoms with van der Waals surface area (Å²) in [7, 11) is 2.15. The molecule has 1 heterocycles. The smallest absolute Gasteiger partial charge is 0.0359 e. The van der Waals surface area contributed by atoms with Gasteiger partial charge in [0.05, 0.1) is 0 Å². The van der Waals surface area contributed by atoms with Gasteiger partial charge < -0.3 is 9.88 Å². The lowest BCUT2D eigenvalue weighted by atomic mass is 10.2. The van der Waals surface area contributed by atoms with Crippen molar-refractivity contribution in [3.05, 3.63) is 23.5 Å². The van der Waals surface area contributed by atoms with Crippen LogP contribution in [0.4, 0.5) is 0 Å². The Kier molecular flexibility index (Phi) is 4.03. The summed E-state index contributed by atoms with van der Waals surface area (Å²) in [4.78, 5) is 0. The summed E-state index contributed by atoms with van der Waals surface area (Å²) in [6.07, 6.45) is 2.40. The van der Waals surface area contributed by atoms with Crippen LogP contribution in [0.2, 0.25) is 0 Å². The van der Waals surface area contributed by atoms with E-state index in [1.807, 2.05) is 0 Å². The van der Waals surface area contributed by atoms with Crippen LogP contribution in [0.5, 0.6) is 0 Å². The normalized spacial score (nSPS) is 10.7. The number of aromatic nitrogens is 1. The highest BCUT2D eigenvalue weighted by Gasteiger charge is 2.02. The first kappa shape index (κ1) is 10.3. The predicted octanol–water partition coefficient (Wildman–Crippen LogP) is 2.09. The van der Waals surface area contributed by atoms with Crippen molar-refractivity contribution >= 4 is 0 Å². The Balaban J connectivity index is 2.62. The van der Waals surface area contributed by atoms with E-state index < -0.39 is 0 Å². The highest BCUT2D eigenvalue weighted by atomic mass is 15.0. The van der Waals surface area contributed by atoms with Crippen LogP contribution in [0, 0.1) is 0 Å². The maximum Gasteiger partial charge on any atom is 0.0359 e. The molecule has 2 heteroatoms. The number of hydrogen-bond acceptors (Lipinski definition) is 1. The van der Waals surface area contributed by atoms with Crippen LogP contribution in [-0.4, -0.2) is 11.1 Å². The van der Waals surface area contributed by atoms with Crippen molar-refractivity contribution in [3.63, 3.8) is 0 Å². The van der Waals surface area contributed by atoms with Gasteiger partial charge in [0, 0.05) is 25.0 Å².